The average molecular weight is 2060 g/mol. The highest BCUT2D eigenvalue weighted by molar-refractivity contribution is 7.23. The first-order chi connectivity index (χ1) is 71.6. The maximum Gasteiger partial charge on any atom is 0.188 e. The summed E-state index contributed by atoms with van der Waals surface area (Å²) in [6.07, 6.45) is 27.9. The molecule has 10 aromatic carbocycles. The fraction of sp³-hybridized carbons (Fsp3) is 0.318. The molecule has 0 aliphatic heterocycles. The third-order valence-electron chi connectivity index (χ3n) is 25.3. The maximum atomic E-state index is 9.62. The van der Waals surface area contributed by atoms with Crippen molar-refractivity contribution in [1.82, 2.24) is 98.7 Å². The van der Waals surface area contributed by atoms with E-state index >= 15 is 0 Å². The van der Waals surface area contributed by atoms with Crippen molar-refractivity contribution < 1.29 is 30.6 Å². The van der Waals surface area contributed by atoms with Crippen LogP contribution in [0.15, 0.2) is 288 Å². The lowest BCUT2D eigenvalue weighted by Gasteiger charge is -2.26. The molecule has 0 amide bonds. The minimum Gasteiger partial charge on any atom is -0.508 e. The van der Waals surface area contributed by atoms with Crippen LogP contribution in [0, 0.1) is 29.6 Å². The van der Waals surface area contributed by atoms with Gasteiger partial charge in [0.1, 0.15) is 80.5 Å². The lowest BCUT2D eigenvalue weighted by molar-refractivity contribution is 0.332. The van der Waals surface area contributed by atoms with E-state index in [2.05, 4.69) is 305 Å². The zero-order chi connectivity index (χ0) is 104. The second-order valence-corrected chi connectivity index (χ2v) is 38.9. The van der Waals surface area contributed by atoms with E-state index in [0.717, 1.165) is 181 Å². The number of phenolic OH excluding ortho intramolecular Hbond substituents is 3. The first kappa shape index (κ1) is 110. The van der Waals surface area contributed by atoms with E-state index in [4.69, 9.17) is 15.3 Å². The van der Waals surface area contributed by atoms with Crippen molar-refractivity contribution in [2.45, 2.75) is 178 Å². The van der Waals surface area contributed by atoms with E-state index in [-0.39, 0.29) is 47.5 Å². The molecule has 0 spiro atoms. The molecule has 20 aromatic rings. The van der Waals surface area contributed by atoms with Crippen LogP contribution in [0.4, 0.5) is 54.1 Å². The molecule has 146 heavy (non-hydrogen) atoms. The molecule has 764 valence electrons. The molecule has 10 aromatic heterocycles. The number of thiazole rings is 5. The third kappa shape index (κ3) is 29.1. The number of aliphatic hydroxyl groups is 3. The number of phenols is 3. The molecule has 20 rings (SSSR count). The van der Waals surface area contributed by atoms with E-state index in [9.17, 15) is 15.3 Å². The fourth-order valence-corrected chi connectivity index (χ4v) is 22.4. The third-order valence-corrected chi connectivity index (χ3v) is 30.0. The van der Waals surface area contributed by atoms with Crippen LogP contribution in [0.2, 0.25) is 0 Å². The molecule has 10 heterocycles. The summed E-state index contributed by atoms with van der Waals surface area (Å²) in [6, 6.07) is 75.5. The maximum absolute atomic E-state index is 9.62. The van der Waals surface area contributed by atoms with Gasteiger partial charge < -0.3 is 57.2 Å². The number of aromatic nitrogens is 20. The molecule has 0 aliphatic carbocycles. The SMILES string of the molecule is CC.CCC(CC)C(c1ccc(Nc2nc3ccc(O)cc3s2)cc1)n1cncn1.CCC(CC)C(c1ccc(Nc2nc3ccc(O)cc3s2)cc1)n1cncn1.CCC(CC)C(c1ccc(Nc2nc3ccc(O)cc3s2)cc1)n1cncn1.CCC(CC)C(c1ccc(Nc2nc3ccccc3s2)cc1)n1cncn1.CCC(CC)C(c1ccc(Nc2nc3ccccc3s2)cc1)n1cncn1.CO.CO.CO. The molecule has 5 unspecified atom stereocenters. The van der Waals surface area contributed by atoms with E-state index < -0.39 is 0 Å². The number of fused-ring (bicyclic) bond motifs is 5. The Bertz CT molecular complexity index is 6430. The molecule has 0 bridgehead atoms. The smallest absolute Gasteiger partial charge is 0.188 e. The summed E-state index contributed by atoms with van der Waals surface area (Å²) >= 11 is 7.90. The summed E-state index contributed by atoms with van der Waals surface area (Å²) in [4.78, 5) is 43.7. The molecular weight excluding hydrogens is 1930 g/mol. The summed E-state index contributed by atoms with van der Waals surface area (Å²) < 4.78 is 15.1. The Balaban J connectivity index is 0.000000159. The van der Waals surface area contributed by atoms with Crippen molar-refractivity contribution in [3.05, 3.63) is 316 Å². The van der Waals surface area contributed by atoms with Crippen LogP contribution < -0.4 is 26.6 Å². The molecule has 0 saturated carbocycles. The Kier molecular flexibility index (Phi) is 42.9. The topological polar surface area (TPSA) is 400 Å². The van der Waals surface area contributed by atoms with Crippen LogP contribution >= 0.6 is 56.7 Å². The number of benzene rings is 10. The zero-order valence-electron chi connectivity index (χ0n) is 85.1. The summed E-state index contributed by atoms with van der Waals surface area (Å²) in [7, 11) is 3.00. The summed E-state index contributed by atoms with van der Waals surface area (Å²) in [5, 5.41) is 93.0. The van der Waals surface area contributed by atoms with Gasteiger partial charge in [0.25, 0.3) is 0 Å². The van der Waals surface area contributed by atoms with Crippen LogP contribution in [-0.2, 0) is 0 Å². The summed E-state index contributed by atoms with van der Waals surface area (Å²) in [6.45, 7) is 26.3. The van der Waals surface area contributed by atoms with E-state index in [1.54, 1.807) is 110 Å². The van der Waals surface area contributed by atoms with Gasteiger partial charge in [-0.3, -0.25) is 0 Å². The van der Waals surface area contributed by atoms with Gasteiger partial charge in [0.05, 0.1) is 81.3 Å². The summed E-state index contributed by atoms with van der Waals surface area (Å²) in [5.74, 6) is 3.31. The highest BCUT2D eigenvalue weighted by atomic mass is 32.1. The minimum absolute atomic E-state index is 0.178. The molecule has 0 saturated heterocycles. The number of nitrogens with one attached hydrogen (secondary N) is 5. The number of nitrogens with zero attached hydrogens (tertiary/aromatic N) is 20. The normalized spacial score (nSPS) is 12.0. The van der Waals surface area contributed by atoms with Crippen LogP contribution in [0.3, 0.4) is 0 Å². The second-order valence-electron chi connectivity index (χ2n) is 33.7. The van der Waals surface area contributed by atoms with Gasteiger partial charge in [-0.15, -0.1) is 0 Å². The predicted octanol–water partition coefficient (Wildman–Crippen LogP) is 27.3. The van der Waals surface area contributed by atoms with E-state index in [1.807, 2.05) is 105 Å². The Hall–Kier alpha value is -14.4. The van der Waals surface area contributed by atoms with Crippen LogP contribution in [0.5, 0.6) is 17.2 Å². The molecular formula is C110H133N25O6S5. The summed E-state index contributed by atoms with van der Waals surface area (Å²) in [5.41, 5.74) is 15.9. The Morgan fingerprint density at radius 1 is 0.233 bits per heavy atom. The zero-order valence-corrected chi connectivity index (χ0v) is 89.2. The number of para-hydroxylation sites is 2. The predicted molar refractivity (Wildman–Crippen MR) is 599 cm³/mol. The lowest BCUT2D eigenvalue weighted by Crippen LogP contribution is -2.20. The fourth-order valence-electron chi connectivity index (χ4n) is 17.9. The molecule has 0 fully saturated rings. The van der Waals surface area contributed by atoms with Crippen molar-refractivity contribution in [1.29, 1.82) is 0 Å². The average Bonchev–Trinajstić information content (AvgIpc) is 1.63. The molecule has 36 heteroatoms. The van der Waals surface area contributed by atoms with Crippen molar-refractivity contribution in [3.63, 3.8) is 0 Å². The number of anilines is 10. The second kappa shape index (κ2) is 56.8. The first-order valence-corrected chi connectivity index (χ1v) is 53.6. The van der Waals surface area contributed by atoms with Crippen molar-refractivity contribution >= 4 is 162 Å². The largest absolute Gasteiger partial charge is 0.508 e. The molecule has 5 atom stereocenters. The van der Waals surface area contributed by atoms with E-state index in [1.165, 1.54) is 71.2 Å². The number of aromatic hydroxyl groups is 3. The van der Waals surface area contributed by atoms with Gasteiger partial charge in [0.2, 0.25) is 0 Å². The number of hydrogen-bond donors (Lipinski definition) is 11. The number of rotatable bonds is 35. The Morgan fingerprint density at radius 2 is 0.411 bits per heavy atom. The minimum atomic E-state index is 0.178. The first-order valence-electron chi connectivity index (χ1n) is 49.5. The Labute approximate surface area is 872 Å². The quantitative estimate of drug-likeness (QED) is 0.0176. The van der Waals surface area contributed by atoms with Crippen molar-refractivity contribution in [2.24, 2.45) is 29.6 Å². The molecule has 11 N–H and O–H groups in total. The van der Waals surface area contributed by atoms with Gasteiger partial charge in [-0.1, -0.05) is 289 Å². The van der Waals surface area contributed by atoms with Crippen LogP contribution in [0.25, 0.3) is 51.1 Å². The Morgan fingerprint density at radius 3 is 0.582 bits per heavy atom. The van der Waals surface area contributed by atoms with Gasteiger partial charge in [0, 0.05) is 49.8 Å². The van der Waals surface area contributed by atoms with Crippen molar-refractivity contribution in [3.8, 4) is 17.2 Å². The van der Waals surface area contributed by atoms with E-state index in [0.29, 0.717) is 29.6 Å². The standard InChI is InChI=1S/3C21H23N5OS.2C21H23N5S.C2H6.3CH4O/c3*1-3-14(4-2)20(26-13-22-12-23-26)15-5-7-16(8-6-15)24-21-25-18-10-9-17(27)11-19(18)28-21;2*1-3-15(4-2)20(26-14-22-13-23-26)16-9-11-17(12-10-16)24-21-25-18-7-5-6-8-19(18)27-21;4*1-2/h3*5-14,20,27H,3-4H2,1-2H3,(H,24,25);2*5-15,20H,3-4H2,1-2H3,(H,24,25);1-2H3;3*2H,1H3. The molecule has 0 radical (unpaired) electrons. The van der Waals surface area contributed by atoms with Gasteiger partial charge in [-0.2, -0.15) is 25.5 Å². The van der Waals surface area contributed by atoms with Crippen LogP contribution in [0.1, 0.15) is 205 Å². The highest BCUT2D eigenvalue weighted by Crippen LogP contribution is 2.42. The van der Waals surface area contributed by atoms with Gasteiger partial charge in [0.15, 0.2) is 25.7 Å². The monoisotopic (exact) mass is 2060 g/mol. The molecule has 0 aliphatic rings. The van der Waals surface area contributed by atoms with Gasteiger partial charge >= 0.3 is 0 Å². The van der Waals surface area contributed by atoms with Crippen molar-refractivity contribution in [2.75, 3.05) is 47.9 Å². The number of hydrogen-bond acceptors (Lipinski definition) is 31. The highest BCUT2D eigenvalue weighted by Gasteiger charge is 2.29. The van der Waals surface area contributed by atoms with Crippen LogP contribution in [-0.4, -0.2) is 151 Å². The molecule has 31 nitrogen and oxygen atoms in total. The van der Waals surface area contributed by atoms with Gasteiger partial charge in [-0.05, 0) is 197 Å². The van der Waals surface area contributed by atoms with Gasteiger partial charge in [-0.25, -0.2) is 73.2 Å². The lowest BCUT2D eigenvalue weighted by atomic mass is 9.89. The number of aliphatic hydroxyl groups excluding tert-OH is 3.